The van der Waals surface area contributed by atoms with Crippen LogP contribution in [0.25, 0.3) is 11.3 Å². The first-order valence-electron chi connectivity index (χ1n) is 7.69. The second-order valence-corrected chi connectivity index (χ2v) is 5.86. The van der Waals surface area contributed by atoms with Gasteiger partial charge in [-0.05, 0) is 43.2 Å². The van der Waals surface area contributed by atoms with Gasteiger partial charge in [0, 0.05) is 12.1 Å². The van der Waals surface area contributed by atoms with E-state index in [2.05, 4.69) is 10.2 Å². The summed E-state index contributed by atoms with van der Waals surface area (Å²) in [4.78, 5) is 2.00. The highest BCUT2D eigenvalue weighted by Crippen LogP contribution is 2.32. The van der Waals surface area contributed by atoms with Gasteiger partial charge in [-0.1, -0.05) is 6.07 Å². The minimum atomic E-state index is -0.0987. The molecule has 1 fully saturated rings. The number of aromatic nitrogens is 2. The van der Waals surface area contributed by atoms with Crippen LogP contribution in [0.2, 0.25) is 0 Å². The molecule has 0 unspecified atom stereocenters. The maximum atomic E-state index is 10.2. The molecule has 122 valence electrons. The van der Waals surface area contributed by atoms with E-state index < -0.39 is 0 Å². The van der Waals surface area contributed by atoms with Crippen molar-refractivity contribution in [3.05, 3.63) is 35.4 Å². The molecule has 0 amide bonds. The minimum absolute atomic E-state index is 0.0152. The van der Waals surface area contributed by atoms with Crippen LogP contribution >= 0.6 is 0 Å². The number of benzene rings is 1. The minimum Gasteiger partial charge on any atom is -0.507 e. The third kappa shape index (κ3) is 3.13. The van der Waals surface area contributed by atoms with Crippen molar-refractivity contribution in [1.82, 2.24) is 10.2 Å². The van der Waals surface area contributed by atoms with E-state index in [1.54, 1.807) is 6.07 Å². The van der Waals surface area contributed by atoms with Gasteiger partial charge in [-0.2, -0.15) is 0 Å². The van der Waals surface area contributed by atoms with E-state index in [0.717, 1.165) is 11.1 Å². The van der Waals surface area contributed by atoms with Crippen molar-refractivity contribution in [2.24, 2.45) is 0 Å². The summed E-state index contributed by atoms with van der Waals surface area (Å²) < 4.78 is 5.38. The Morgan fingerprint density at radius 1 is 1.26 bits per heavy atom. The predicted molar refractivity (Wildman–Crippen MR) is 87.6 cm³/mol. The van der Waals surface area contributed by atoms with Crippen LogP contribution < -0.4 is 4.90 Å². The number of hydrogen-bond acceptors (Lipinski definition) is 6. The van der Waals surface area contributed by atoms with Crippen LogP contribution in [0.5, 0.6) is 5.75 Å². The molecule has 1 aliphatic rings. The predicted octanol–water partition coefficient (Wildman–Crippen LogP) is 1.66. The first kappa shape index (κ1) is 15.7. The highest BCUT2D eigenvalue weighted by molar-refractivity contribution is 5.71. The van der Waals surface area contributed by atoms with Crippen molar-refractivity contribution in [1.29, 1.82) is 0 Å². The van der Waals surface area contributed by atoms with Crippen molar-refractivity contribution in [2.75, 3.05) is 31.3 Å². The van der Waals surface area contributed by atoms with E-state index in [1.165, 1.54) is 0 Å². The van der Waals surface area contributed by atoms with Gasteiger partial charge in [0.05, 0.1) is 31.6 Å². The quantitative estimate of drug-likeness (QED) is 0.897. The molecule has 1 aromatic heterocycles. The molecule has 0 radical (unpaired) electrons. The summed E-state index contributed by atoms with van der Waals surface area (Å²) in [6.45, 7) is 5.67. The molecule has 6 nitrogen and oxygen atoms in total. The van der Waals surface area contributed by atoms with Crippen LogP contribution in [-0.2, 0) is 4.74 Å². The Bertz CT molecular complexity index is 665. The number of aromatic hydroxyl groups is 1. The maximum Gasteiger partial charge on any atom is 0.151 e. The van der Waals surface area contributed by atoms with E-state index in [4.69, 9.17) is 4.74 Å². The fraction of sp³-hybridized carbons (Fsp3) is 0.412. The van der Waals surface area contributed by atoms with E-state index in [1.807, 2.05) is 36.9 Å². The Labute approximate surface area is 135 Å². The van der Waals surface area contributed by atoms with Gasteiger partial charge >= 0.3 is 0 Å². The lowest BCUT2D eigenvalue weighted by atomic mass is 10.0. The molecule has 3 rings (SSSR count). The number of phenols is 1. The number of aryl methyl sites for hydroxylation is 2. The Morgan fingerprint density at radius 3 is 2.74 bits per heavy atom. The number of nitrogens with zero attached hydrogens (tertiary/aromatic N) is 3. The molecule has 0 bridgehead atoms. The topological polar surface area (TPSA) is 78.7 Å². The van der Waals surface area contributed by atoms with Crippen molar-refractivity contribution in [3.8, 4) is 17.0 Å². The molecular weight excluding hydrogens is 294 g/mol. The average molecular weight is 315 g/mol. The zero-order valence-corrected chi connectivity index (χ0v) is 13.4. The van der Waals surface area contributed by atoms with E-state index in [-0.39, 0.29) is 18.4 Å². The van der Waals surface area contributed by atoms with Gasteiger partial charge in [-0.3, -0.25) is 0 Å². The van der Waals surface area contributed by atoms with Gasteiger partial charge in [0.15, 0.2) is 5.82 Å². The standard InChI is InChI=1S/C17H21N3O3/c1-11-7-12(2)17(15(22)8-11)14-3-4-16(19-18-14)20-5-6-23-10-13(20)9-21/h3-4,7-8,13,21-22H,5-6,9-10H2,1-2H3/t13-/m0/s1. The summed E-state index contributed by atoms with van der Waals surface area (Å²) in [6, 6.07) is 7.35. The van der Waals surface area contributed by atoms with Crippen molar-refractivity contribution < 1.29 is 14.9 Å². The molecule has 1 saturated heterocycles. The van der Waals surface area contributed by atoms with Crippen molar-refractivity contribution >= 4 is 5.82 Å². The molecule has 1 aliphatic heterocycles. The lowest BCUT2D eigenvalue weighted by molar-refractivity contribution is 0.0722. The zero-order valence-electron chi connectivity index (χ0n) is 13.4. The third-order valence-corrected chi connectivity index (χ3v) is 4.10. The Morgan fingerprint density at radius 2 is 2.09 bits per heavy atom. The van der Waals surface area contributed by atoms with Gasteiger partial charge in [0.2, 0.25) is 0 Å². The highest BCUT2D eigenvalue weighted by Gasteiger charge is 2.24. The molecule has 6 heteroatoms. The summed E-state index contributed by atoms with van der Waals surface area (Å²) >= 11 is 0. The number of aliphatic hydroxyl groups is 1. The molecule has 1 atom stereocenters. The average Bonchev–Trinajstić information content (AvgIpc) is 2.54. The number of aliphatic hydroxyl groups excluding tert-OH is 1. The molecule has 0 saturated carbocycles. The SMILES string of the molecule is Cc1cc(C)c(-c2ccc(N3CCOC[C@@H]3CO)nn2)c(O)c1. The molecule has 2 N–H and O–H groups in total. The van der Waals surface area contributed by atoms with Crippen molar-refractivity contribution in [2.45, 2.75) is 19.9 Å². The maximum absolute atomic E-state index is 10.2. The Hall–Kier alpha value is -2.18. The van der Waals surface area contributed by atoms with Crippen molar-refractivity contribution in [3.63, 3.8) is 0 Å². The largest absolute Gasteiger partial charge is 0.507 e. The van der Waals surface area contributed by atoms with E-state index in [9.17, 15) is 10.2 Å². The van der Waals surface area contributed by atoms with Crippen LogP contribution in [0.4, 0.5) is 5.82 Å². The molecule has 2 aromatic rings. The van der Waals surface area contributed by atoms with Crippen LogP contribution in [0.1, 0.15) is 11.1 Å². The third-order valence-electron chi connectivity index (χ3n) is 4.10. The Kier molecular flexibility index (Phi) is 4.45. The summed E-state index contributed by atoms with van der Waals surface area (Å²) in [6.07, 6.45) is 0. The molecule has 23 heavy (non-hydrogen) atoms. The second kappa shape index (κ2) is 6.52. The second-order valence-electron chi connectivity index (χ2n) is 5.86. The first-order valence-corrected chi connectivity index (χ1v) is 7.69. The van der Waals surface area contributed by atoms with Gasteiger partial charge in [0.25, 0.3) is 0 Å². The van der Waals surface area contributed by atoms with Gasteiger partial charge in [0.1, 0.15) is 5.75 Å². The van der Waals surface area contributed by atoms with Crippen LogP contribution in [0.15, 0.2) is 24.3 Å². The number of phenolic OH excluding ortho intramolecular Hbond substituents is 1. The first-order chi connectivity index (χ1) is 11.1. The van der Waals surface area contributed by atoms with Crippen LogP contribution in [-0.4, -0.2) is 52.8 Å². The zero-order chi connectivity index (χ0) is 16.4. The lowest BCUT2D eigenvalue weighted by Crippen LogP contribution is -2.48. The number of rotatable bonds is 3. The number of ether oxygens (including phenoxy) is 1. The fourth-order valence-corrected chi connectivity index (χ4v) is 3.00. The van der Waals surface area contributed by atoms with E-state index in [0.29, 0.717) is 36.8 Å². The molecule has 0 spiro atoms. The van der Waals surface area contributed by atoms with Gasteiger partial charge in [-0.15, -0.1) is 10.2 Å². The number of hydrogen-bond donors (Lipinski definition) is 2. The van der Waals surface area contributed by atoms with Gasteiger partial charge in [-0.25, -0.2) is 0 Å². The van der Waals surface area contributed by atoms with Crippen LogP contribution in [0.3, 0.4) is 0 Å². The fourth-order valence-electron chi connectivity index (χ4n) is 3.00. The van der Waals surface area contributed by atoms with Gasteiger partial charge < -0.3 is 19.8 Å². The normalized spacial score (nSPS) is 18.2. The number of anilines is 1. The summed E-state index contributed by atoms with van der Waals surface area (Å²) in [7, 11) is 0. The smallest absolute Gasteiger partial charge is 0.151 e. The monoisotopic (exact) mass is 315 g/mol. The Balaban J connectivity index is 1.91. The summed E-state index contributed by atoms with van der Waals surface area (Å²) in [5.41, 5.74) is 3.31. The molecule has 0 aliphatic carbocycles. The van der Waals surface area contributed by atoms with E-state index >= 15 is 0 Å². The summed E-state index contributed by atoms with van der Waals surface area (Å²) in [5.74, 6) is 0.921. The van der Waals surface area contributed by atoms with Crippen LogP contribution in [0, 0.1) is 13.8 Å². The highest BCUT2D eigenvalue weighted by atomic mass is 16.5. The molecular formula is C17H21N3O3. The molecule has 2 heterocycles. The number of morpholine rings is 1. The molecule has 1 aromatic carbocycles. The summed E-state index contributed by atoms with van der Waals surface area (Å²) in [5, 5.41) is 28.2. The lowest BCUT2D eigenvalue weighted by Gasteiger charge is -2.35.